The number of oxazole rings is 1. The van der Waals surface area contributed by atoms with E-state index in [0.717, 1.165) is 4.31 Å². The molecule has 0 saturated carbocycles. The van der Waals surface area contributed by atoms with Gasteiger partial charge in [0.25, 0.3) is 0 Å². The minimum Gasteiger partial charge on any atom is -0.439 e. The van der Waals surface area contributed by atoms with Gasteiger partial charge in [-0.05, 0) is 12.1 Å². The molecule has 0 fully saturated rings. The summed E-state index contributed by atoms with van der Waals surface area (Å²) in [6, 6.07) is 3.18. The van der Waals surface area contributed by atoms with Crippen LogP contribution in [0.5, 0.6) is 0 Å². The lowest BCUT2D eigenvalue weighted by molar-refractivity contribution is 0.408. The first kappa shape index (κ1) is 15.3. The van der Waals surface area contributed by atoms with Gasteiger partial charge in [-0.25, -0.2) is 17.7 Å². The van der Waals surface area contributed by atoms with Crippen molar-refractivity contribution in [3.63, 3.8) is 0 Å². The minimum absolute atomic E-state index is 0.0373. The lowest BCUT2D eigenvalue weighted by atomic mass is 9.97. The third-order valence-electron chi connectivity index (χ3n) is 2.84. The van der Waals surface area contributed by atoms with E-state index in [1.165, 1.54) is 20.2 Å². The Morgan fingerprint density at radius 2 is 1.85 bits per heavy atom. The summed E-state index contributed by atoms with van der Waals surface area (Å²) >= 11 is 6.06. The molecule has 20 heavy (non-hydrogen) atoms. The number of fused-ring (bicyclic) bond motifs is 1. The number of rotatable bonds is 2. The van der Waals surface area contributed by atoms with E-state index in [4.69, 9.17) is 16.0 Å². The number of sulfonamides is 1. The van der Waals surface area contributed by atoms with Crippen LogP contribution in [0.3, 0.4) is 0 Å². The number of hydrogen-bond donors (Lipinski definition) is 0. The van der Waals surface area contributed by atoms with Crippen LogP contribution in [0, 0.1) is 0 Å². The number of halogens is 1. The topological polar surface area (TPSA) is 63.4 Å². The summed E-state index contributed by atoms with van der Waals surface area (Å²) in [6.45, 7) is 5.83. The van der Waals surface area contributed by atoms with Gasteiger partial charge >= 0.3 is 0 Å². The Balaban J connectivity index is 2.84. The highest BCUT2D eigenvalue weighted by Gasteiger charge is 2.29. The van der Waals surface area contributed by atoms with Crippen molar-refractivity contribution < 1.29 is 12.8 Å². The second-order valence-electron chi connectivity index (χ2n) is 5.78. The zero-order valence-electron chi connectivity index (χ0n) is 12.1. The molecule has 0 atom stereocenters. The summed E-state index contributed by atoms with van der Waals surface area (Å²) in [5.41, 5.74) is 0.376. The summed E-state index contributed by atoms with van der Waals surface area (Å²) in [5, 5.41) is 0.128. The fourth-order valence-electron chi connectivity index (χ4n) is 1.69. The van der Waals surface area contributed by atoms with Gasteiger partial charge < -0.3 is 4.42 Å². The summed E-state index contributed by atoms with van der Waals surface area (Å²) in [6.07, 6.45) is 0. The zero-order chi connectivity index (χ0) is 15.3. The molecule has 0 radical (unpaired) electrons. The molecule has 0 aliphatic rings. The van der Waals surface area contributed by atoms with Gasteiger partial charge in [-0.3, -0.25) is 0 Å². The van der Waals surface area contributed by atoms with Crippen molar-refractivity contribution in [3.8, 4) is 0 Å². The Hall–Kier alpha value is -1.11. The van der Waals surface area contributed by atoms with E-state index in [2.05, 4.69) is 4.98 Å². The van der Waals surface area contributed by atoms with Crippen molar-refractivity contribution in [2.45, 2.75) is 31.1 Å². The average molecular weight is 317 g/mol. The molecule has 2 aromatic rings. The van der Waals surface area contributed by atoms with Crippen LogP contribution in [0.25, 0.3) is 11.1 Å². The SMILES string of the molecule is CN(C)S(=O)(=O)c1c(Cl)ccc2nc(C(C)(C)C)oc12. The zero-order valence-corrected chi connectivity index (χ0v) is 13.6. The molecule has 1 aromatic carbocycles. The van der Waals surface area contributed by atoms with E-state index in [9.17, 15) is 8.42 Å². The van der Waals surface area contributed by atoms with E-state index < -0.39 is 10.0 Å². The smallest absolute Gasteiger partial charge is 0.247 e. The van der Waals surface area contributed by atoms with E-state index in [1.807, 2.05) is 20.8 Å². The average Bonchev–Trinajstić information content (AvgIpc) is 2.71. The van der Waals surface area contributed by atoms with Gasteiger partial charge in [-0.15, -0.1) is 0 Å². The van der Waals surface area contributed by atoms with Crippen molar-refractivity contribution >= 4 is 32.7 Å². The lowest BCUT2D eigenvalue weighted by Crippen LogP contribution is -2.22. The van der Waals surface area contributed by atoms with Crippen LogP contribution < -0.4 is 0 Å². The summed E-state index contributed by atoms with van der Waals surface area (Å²) in [5.74, 6) is 0.477. The number of nitrogens with zero attached hydrogens (tertiary/aromatic N) is 2. The highest BCUT2D eigenvalue weighted by atomic mass is 35.5. The standard InChI is InChI=1S/C13H17ClN2O3S/c1-13(2,3)12-15-9-7-6-8(14)11(10(9)19-12)20(17,18)16(4)5/h6-7H,1-5H3. The fraction of sp³-hybridized carbons (Fsp3) is 0.462. The van der Waals surface area contributed by atoms with Crippen LogP contribution in [0.1, 0.15) is 26.7 Å². The predicted octanol–water partition coefficient (Wildman–Crippen LogP) is 3.03. The van der Waals surface area contributed by atoms with E-state index in [-0.39, 0.29) is 20.9 Å². The van der Waals surface area contributed by atoms with Gasteiger partial charge in [0.2, 0.25) is 15.9 Å². The van der Waals surface area contributed by atoms with Crippen molar-refractivity contribution in [1.29, 1.82) is 0 Å². The van der Waals surface area contributed by atoms with Gasteiger partial charge in [0.1, 0.15) is 10.4 Å². The molecular formula is C13H17ClN2O3S. The van der Waals surface area contributed by atoms with Crippen molar-refractivity contribution in [2.24, 2.45) is 0 Å². The molecule has 2 rings (SSSR count). The number of hydrogen-bond acceptors (Lipinski definition) is 4. The van der Waals surface area contributed by atoms with Crippen molar-refractivity contribution in [1.82, 2.24) is 9.29 Å². The quantitative estimate of drug-likeness (QED) is 0.854. The Bertz CT molecular complexity index is 758. The van der Waals surface area contributed by atoms with Crippen LogP contribution in [0.4, 0.5) is 0 Å². The first-order valence-electron chi connectivity index (χ1n) is 6.07. The monoisotopic (exact) mass is 316 g/mol. The Morgan fingerprint density at radius 1 is 1.25 bits per heavy atom. The summed E-state index contributed by atoms with van der Waals surface area (Å²) < 4.78 is 31.5. The molecule has 0 bridgehead atoms. The molecule has 0 aliphatic carbocycles. The van der Waals surface area contributed by atoms with Crippen LogP contribution in [-0.2, 0) is 15.4 Å². The molecule has 1 heterocycles. The van der Waals surface area contributed by atoms with E-state index in [0.29, 0.717) is 11.4 Å². The Morgan fingerprint density at radius 3 is 2.35 bits per heavy atom. The Kier molecular flexibility index (Phi) is 3.60. The van der Waals surface area contributed by atoms with Crippen LogP contribution in [0.15, 0.2) is 21.4 Å². The Labute approximate surface area is 123 Å². The molecule has 0 saturated heterocycles. The van der Waals surface area contributed by atoms with Crippen molar-refractivity contribution in [2.75, 3.05) is 14.1 Å². The second-order valence-corrected chi connectivity index (χ2v) is 8.28. The lowest BCUT2D eigenvalue weighted by Gasteiger charge is -2.13. The molecular weight excluding hydrogens is 300 g/mol. The molecule has 0 aliphatic heterocycles. The van der Waals surface area contributed by atoms with Gasteiger partial charge in [0.05, 0.1) is 5.02 Å². The first-order chi connectivity index (χ1) is 9.05. The van der Waals surface area contributed by atoms with Gasteiger partial charge in [0, 0.05) is 19.5 Å². The van der Waals surface area contributed by atoms with Crippen LogP contribution >= 0.6 is 11.6 Å². The van der Waals surface area contributed by atoms with Crippen molar-refractivity contribution in [3.05, 3.63) is 23.0 Å². The van der Waals surface area contributed by atoms with E-state index in [1.54, 1.807) is 6.07 Å². The van der Waals surface area contributed by atoms with Gasteiger partial charge in [-0.2, -0.15) is 0 Å². The summed E-state index contributed by atoms with van der Waals surface area (Å²) in [7, 11) is -0.799. The molecule has 0 spiro atoms. The molecule has 0 unspecified atom stereocenters. The van der Waals surface area contributed by atoms with Gasteiger partial charge in [-0.1, -0.05) is 32.4 Å². The molecule has 0 amide bonds. The van der Waals surface area contributed by atoms with E-state index >= 15 is 0 Å². The maximum atomic E-state index is 12.4. The molecule has 7 heteroatoms. The number of aromatic nitrogens is 1. The highest BCUT2D eigenvalue weighted by Crippen LogP contribution is 2.34. The van der Waals surface area contributed by atoms with Crippen LogP contribution in [0.2, 0.25) is 5.02 Å². The maximum absolute atomic E-state index is 12.4. The minimum atomic E-state index is -3.70. The third kappa shape index (κ3) is 2.43. The molecule has 110 valence electrons. The molecule has 1 aromatic heterocycles. The maximum Gasteiger partial charge on any atom is 0.247 e. The molecule has 5 nitrogen and oxygen atoms in total. The third-order valence-corrected chi connectivity index (χ3v) is 5.15. The first-order valence-corrected chi connectivity index (χ1v) is 7.89. The van der Waals surface area contributed by atoms with Gasteiger partial charge in [0.15, 0.2) is 5.58 Å². The predicted molar refractivity (Wildman–Crippen MR) is 78.6 cm³/mol. The highest BCUT2D eigenvalue weighted by molar-refractivity contribution is 7.89. The molecule has 0 N–H and O–H groups in total. The fourth-order valence-corrected chi connectivity index (χ4v) is 3.19. The number of benzene rings is 1. The largest absolute Gasteiger partial charge is 0.439 e. The summed E-state index contributed by atoms with van der Waals surface area (Å²) in [4.78, 5) is 4.31. The van der Waals surface area contributed by atoms with Crippen LogP contribution in [-0.4, -0.2) is 31.8 Å². The normalized spacial score (nSPS) is 13.3. The second kappa shape index (κ2) is 4.72.